The van der Waals surface area contributed by atoms with Crippen LogP contribution >= 0.6 is 23.7 Å². The molecule has 0 unspecified atom stereocenters. The number of halogens is 1. The van der Waals surface area contributed by atoms with Gasteiger partial charge in [-0.25, -0.2) is 18.2 Å². The lowest BCUT2D eigenvalue weighted by Crippen LogP contribution is -2.50. The van der Waals surface area contributed by atoms with Crippen LogP contribution in [0.15, 0.2) is 41.3 Å². The van der Waals surface area contributed by atoms with Crippen LogP contribution in [0.25, 0.3) is 10.2 Å². The summed E-state index contributed by atoms with van der Waals surface area (Å²) >= 11 is 1.51. The largest absolute Gasteiger partial charge is 0.450 e. The van der Waals surface area contributed by atoms with Crippen molar-refractivity contribution in [2.45, 2.75) is 32.1 Å². The van der Waals surface area contributed by atoms with E-state index in [0.717, 1.165) is 60.6 Å². The lowest BCUT2D eigenvalue weighted by atomic mass is 10.1. The molecule has 2 aromatic carbocycles. The van der Waals surface area contributed by atoms with Gasteiger partial charge in [0.1, 0.15) is 0 Å². The zero-order valence-corrected chi connectivity index (χ0v) is 27.8. The number of carbonyl (C=O) groups excluding carboxylic acids is 2. The third-order valence-electron chi connectivity index (χ3n) is 7.87. The smallest absolute Gasteiger partial charge is 0.409 e. The summed E-state index contributed by atoms with van der Waals surface area (Å²) in [5.74, 6) is -0.219. The molecule has 2 aliphatic rings. The maximum absolute atomic E-state index is 13.9. The molecule has 0 atom stereocenters. The Balaban J connectivity index is 0.00000442. The molecule has 0 bridgehead atoms. The van der Waals surface area contributed by atoms with Gasteiger partial charge in [0.25, 0.3) is 5.91 Å². The zero-order valence-electron chi connectivity index (χ0n) is 25.4. The van der Waals surface area contributed by atoms with Gasteiger partial charge in [-0.2, -0.15) is 4.31 Å². The molecule has 0 radical (unpaired) electrons. The van der Waals surface area contributed by atoms with Gasteiger partial charge in [-0.3, -0.25) is 14.6 Å². The molecule has 11 nitrogen and oxygen atoms in total. The van der Waals surface area contributed by atoms with E-state index < -0.39 is 16.1 Å². The van der Waals surface area contributed by atoms with Crippen molar-refractivity contribution in [1.82, 2.24) is 19.1 Å². The maximum atomic E-state index is 13.9. The Labute approximate surface area is 269 Å². The molecule has 0 aliphatic carbocycles. The number of nitrogens with zero attached hydrogens (tertiary/aromatic N) is 5. The Kier molecular flexibility index (Phi) is 11.6. The lowest BCUT2D eigenvalue weighted by Gasteiger charge is -2.33. The van der Waals surface area contributed by atoms with Gasteiger partial charge in [0.15, 0.2) is 5.13 Å². The number of ether oxygens (including phenoxy) is 2. The fraction of sp³-hybridized carbons (Fsp3) is 0.500. The highest BCUT2D eigenvalue weighted by atomic mass is 35.5. The second-order valence-corrected chi connectivity index (χ2v) is 13.7. The van der Waals surface area contributed by atoms with Crippen molar-refractivity contribution in [3.05, 3.63) is 53.1 Å². The number of sulfonamides is 1. The lowest BCUT2D eigenvalue weighted by molar-refractivity contribution is 0.0376. The molecular formula is C30H40ClN5O6S2. The normalized spacial score (nSPS) is 16.5. The number of aromatic nitrogens is 1. The van der Waals surface area contributed by atoms with E-state index in [4.69, 9.17) is 14.5 Å². The fourth-order valence-corrected chi connectivity index (χ4v) is 7.88. The van der Waals surface area contributed by atoms with Crippen LogP contribution in [-0.4, -0.2) is 112 Å². The van der Waals surface area contributed by atoms with Crippen molar-refractivity contribution in [3.63, 3.8) is 0 Å². The highest BCUT2D eigenvalue weighted by Crippen LogP contribution is 2.34. The number of aryl methyl sites for hydroxylation is 2. The Morgan fingerprint density at radius 1 is 0.977 bits per heavy atom. The summed E-state index contributed by atoms with van der Waals surface area (Å²) in [6, 6.07) is 10.2. The highest BCUT2D eigenvalue weighted by molar-refractivity contribution is 7.89. The predicted molar refractivity (Wildman–Crippen MR) is 174 cm³/mol. The van der Waals surface area contributed by atoms with Crippen LogP contribution in [-0.2, 0) is 19.5 Å². The molecule has 3 heterocycles. The van der Waals surface area contributed by atoms with Gasteiger partial charge in [0.2, 0.25) is 10.0 Å². The van der Waals surface area contributed by atoms with Crippen LogP contribution in [0.2, 0.25) is 0 Å². The molecule has 2 amide bonds. The number of hydrogen-bond donors (Lipinski definition) is 0. The van der Waals surface area contributed by atoms with Crippen molar-refractivity contribution in [1.29, 1.82) is 0 Å². The molecule has 240 valence electrons. The third kappa shape index (κ3) is 7.52. The molecule has 2 saturated heterocycles. The van der Waals surface area contributed by atoms with Crippen molar-refractivity contribution >= 4 is 61.1 Å². The second-order valence-electron chi connectivity index (χ2n) is 10.8. The topological polar surface area (TPSA) is 113 Å². The van der Waals surface area contributed by atoms with Gasteiger partial charge >= 0.3 is 6.09 Å². The molecule has 5 rings (SSSR count). The Morgan fingerprint density at radius 3 is 2.27 bits per heavy atom. The first-order valence-corrected chi connectivity index (χ1v) is 17.0. The average Bonchev–Trinajstić information content (AvgIpc) is 3.48. The molecule has 2 fully saturated rings. The number of thiazole rings is 1. The summed E-state index contributed by atoms with van der Waals surface area (Å²) in [5.41, 5.74) is 3.46. The summed E-state index contributed by atoms with van der Waals surface area (Å²) in [6.45, 7) is 11.5. The van der Waals surface area contributed by atoms with E-state index in [1.54, 1.807) is 24.0 Å². The summed E-state index contributed by atoms with van der Waals surface area (Å²) in [4.78, 5) is 36.5. The summed E-state index contributed by atoms with van der Waals surface area (Å²) in [7, 11) is -3.79. The first-order valence-electron chi connectivity index (χ1n) is 14.7. The minimum Gasteiger partial charge on any atom is -0.450 e. The monoisotopic (exact) mass is 665 g/mol. The van der Waals surface area contributed by atoms with Crippen molar-refractivity contribution in [3.8, 4) is 0 Å². The Morgan fingerprint density at radius 2 is 1.64 bits per heavy atom. The standard InChI is InChI=1S/C30H39N5O6S2.ClH/c1-4-41-30(37)33-14-16-34(17-15-33)43(38,39)25-10-8-24(9-11-25)28(36)35(13-5-12-32-18-20-40-21-19-32)29-31-26-22(2)6-7-23(3)27(26)42-29;/h6-11H,4-5,12-21H2,1-3H3;1H. The van der Waals surface area contributed by atoms with E-state index in [0.29, 0.717) is 17.2 Å². The summed E-state index contributed by atoms with van der Waals surface area (Å²) in [5, 5.41) is 0.635. The number of carbonyl (C=O) groups is 2. The molecular weight excluding hydrogens is 626 g/mol. The zero-order chi connectivity index (χ0) is 30.6. The molecule has 14 heteroatoms. The van der Waals surface area contributed by atoms with E-state index in [2.05, 4.69) is 11.0 Å². The first-order chi connectivity index (χ1) is 20.7. The van der Waals surface area contributed by atoms with Gasteiger partial charge in [-0.05, 0) is 62.6 Å². The van der Waals surface area contributed by atoms with E-state index >= 15 is 0 Å². The van der Waals surface area contributed by atoms with E-state index in [9.17, 15) is 18.0 Å². The van der Waals surface area contributed by atoms with Crippen LogP contribution < -0.4 is 4.90 Å². The SMILES string of the molecule is CCOC(=O)N1CCN(S(=O)(=O)c2ccc(C(=O)N(CCCN3CCOCC3)c3nc4c(C)ccc(C)c4s3)cc2)CC1.Cl. The predicted octanol–water partition coefficient (Wildman–Crippen LogP) is 4.17. The van der Waals surface area contributed by atoms with E-state index in [1.807, 2.05) is 19.9 Å². The third-order valence-corrected chi connectivity index (χ3v) is 11.0. The van der Waals surface area contributed by atoms with Gasteiger partial charge in [0.05, 0.1) is 34.9 Å². The molecule has 0 spiro atoms. The van der Waals surface area contributed by atoms with Gasteiger partial charge in [0, 0.05) is 57.9 Å². The van der Waals surface area contributed by atoms with Gasteiger partial charge < -0.3 is 14.4 Å². The number of anilines is 1. The van der Waals surface area contributed by atoms with E-state index in [-0.39, 0.29) is 56.0 Å². The number of morpholine rings is 1. The minimum atomic E-state index is -3.79. The van der Waals surface area contributed by atoms with Crippen molar-refractivity contribution in [2.75, 3.05) is 77.1 Å². The number of amides is 2. The van der Waals surface area contributed by atoms with E-state index in [1.165, 1.54) is 32.7 Å². The number of hydrogen-bond acceptors (Lipinski definition) is 9. The van der Waals surface area contributed by atoms with Crippen molar-refractivity contribution < 1.29 is 27.5 Å². The first kappa shape index (κ1) is 34.1. The molecule has 1 aromatic heterocycles. The van der Waals surface area contributed by atoms with Crippen LogP contribution in [0, 0.1) is 13.8 Å². The van der Waals surface area contributed by atoms with Crippen LogP contribution in [0.5, 0.6) is 0 Å². The number of benzene rings is 2. The van der Waals surface area contributed by atoms with Gasteiger partial charge in [-0.1, -0.05) is 23.5 Å². The summed E-state index contributed by atoms with van der Waals surface area (Å²) < 4.78 is 39.6. The minimum absolute atomic E-state index is 0. The average molecular weight is 666 g/mol. The van der Waals surface area contributed by atoms with Crippen molar-refractivity contribution in [2.24, 2.45) is 0 Å². The fourth-order valence-electron chi connectivity index (χ4n) is 5.32. The molecule has 0 saturated carbocycles. The van der Waals surface area contributed by atoms with Gasteiger partial charge in [-0.15, -0.1) is 12.4 Å². The second kappa shape index (κ2) is 15.0. The van der Waals surface area contributed by atoms with Crippen LogP contribution in [0.4, 0.5) is 9.93 Å². The molecule has 3 aromatic rings. The number of rotatable bonds is 9. The Hall–Kier alpha value is -2.81. The highest BCUT2D eigenvalue weighted by Gasteiger charge is 2.31. The number of piperazine rings is 1. The molecule has 0 N–H and O–H groups in total. The van der Waals surface area contributed by atoms with Crippen LogP contribution in [0.3, 0.4) is 0 Å². The van der Waals surface area contributed by atoms with Crippen LogP contribution in [0.1, 0.15) is 34.8 Å². The quantitative estimate of drug-likeness (QED) is 0.335. The molecule has 44 heavy (non-hydrogen) atoms. The Bertz CT molecular complexity index is 1510. The number of fused-ring (bicyclic) bond motifs is 1. The molecule has 2 aliphatic heterocycles. The maximum Gasteiger partial charge on any atom is 0.409 e. The summed E-state index contributed by atoms with van der Waals surface area (Å²) in [6.07, 6.45) is 0.333.